The standard InChI is InChI=1S/C9H14O2/c1-6-3-8(7(2)5-10)9(11)4-6/h6,10H,3-5H2,1-2H3/b8-7+/t6-/m1/s1. The van der Waals surface area contributed by atoms with Crippen LogP contribution in [0.2, 0.25) is 0 Å². The molecule has 1 aliphatic carbocycles. The van der Waals surface area contributed by atoms with E-state index in [0.29, 0.717) is 12.3 Å². The molecule has 1 N–H and O–H groups in total. The summed E-state index contributed by atoms with van der Waals surface area (Å²) in [5.74, 6) is 0.697. The number of carbonyl (C=O) groups excluding carboxylic acids is 1. The van der Waals surface area contributed by atoms with Crippen LogP contribution in [0.1, 0.15) is 26.7 Å². The largest absolute Gasteiger partial charge is 0.392 e. The molecule has 2 nitrogen and oxygen atoms in total. The highest BCUT2D eigenvalue weighted by Crippen LogP contribution is 2.28. The fraction of sp³-hybridized carbons (Fsp3) is 0.667. The van der Waals surface area contributed by atoms with Gasteiger partial charge in [0.1, 0.15) is 0 Å². The summed E-state index contributed by atoms with van der Waals surface area (Å²) in [4.78, 5) is 11.2. The van der Waals surface area contributed by atoms with E-state index in [2.05, 4.69) is 6.92 Å². The molecule has 0 spiro atoms. The lowest BCUT2D eigenvalue weighted by Crippen LogP contribution is -1.98. The second-order valence-electron chi connectivity index (χ2n) is 3.35. The van der Waals surface area contributed by atoms with Crippen LogP contribution in [0.15, 0.2) is 11.1 Å². The molecule has 1 rings (SSSR count). The van der Waals surface area contributed by atoms with Gasteiger partial charge in [-0.05, 0) is 30.4 Å². The van der Waals surface area contributed by atoms with Crippen LogP contribution in [0.5, 0.6) is 0 Å². The highest BCUT2D eigenvalue weighted by atomic mass is 16.3. The van der Waals surface area contributed by atoms with Crippen molar-refractivity contribution in [2.24, 2.45) is 5.92 Å². The van der Waals surface area contributed by atoms with Crippen LogP contribution < -0.4 is 0 Å². The molecule has 0 aromatic rings. The third-order valence-corrected chi connectivity index (χ3v) is 2.18. The number of hydrogen-bond acceptors (Lipinski definition) is 2. The lowest BCUT2D eigenvalue weighted by atomic mass is 10.1. The second kappa shape index (κ2) is 3.18. The molecule has 0 radical (unpaired) electrons. The van der Waals surface area contributed by atoms with Crippen molar-refractivity contribution in [3.63, 3.8) is 0 Å². The minimum absolute atomic E-state index is 0.0216. The van der Waals surface area contributed by atoms with E-state index in [1.807, 2.05) is 6.92 Å². The van der Waals surface area contributed by atoms with Crippen LogP contribution in [-0.4, -0.2) is 17.5 Å². The molecular weight excluding hydrogens is 140 g/mol. The lowest BCUT2D eigenvalue weighted by molar-refractivity contribution is -0.114. The van der Waals surface area contributed by atoms with Gasteiger partial charge in [-0.1, -0.05) is 6.92 Å². The smallest absolute Gasteiger partial charge is 0.159 e. The SMILES string of the molecule is C/C(CO)=C1/C[C@@H](C)CC1=O. The fourth-order valence-electron chi connectivity index (χ4n) is 1.48. The van der Waals surface area contributed by atoms with Crippen molar-refractivity contribution in [1.82, 2.24) is 0 Å². The van der Waals surface area contributed by atoms with E-state index in [-0.39, 0.29) is 12.4 Å². The Labute approximate surface area is 66.9 Å². The van der Waals surface area contributed by atoms with E-state index in [1.54, 1.807) is 0 Å². The van der Waals surface area contributed by atoms with E-state index in [1.165, 1.54) is 0 Å². The summed E-state index contributed by atoms with van der Waals surface area (Å²) in [5, 5.41) is 8.79. The van der Waals surface area contributed by atoms with Crippen molar-refractivity contribution in [2.45, 2.75) is 26.7 Å². The number of rotatable bonds is 1. The maximum absolute atomic E-state index is 11.2. The van der Waals surface area contributed by atoms with Gasteiger partial charge >= 0.3 is 0 Å². The third-order valence-electron chi connectivity index (χ3n) is 2.18. The van der Waals surface area contributed by atoms with Gasteiger partial charge in [0, 0.05) is 6.42 Å². The fourth-order valence-corrected chi connectivity index (χ4v) is 1.48. The molecule has 0 saturated heterocycles. The Hall–Kier alpha value is -0.630. The van der Waals surface area contributed by atoms with Gasteiger partial charge in [-0.3, -0.25) is 4.79 Å². The third kappa shape index (κ3) is 1.69. The lowest BCUT2D eigenvalue weighted by Gasteiger charge is -1.99. The Morgan fingerprint density at radius 1 is 1.64 bits per heavy atom. The molecule has 11 heavy (non-hydrogen) atoms. The number of aliphatic hydroxyl groups excluding tert-OH is 1. The van der Waals surface area contributed by atoms with Crippen LogP contribution in [0.4, 0.5) is 0 Å². The quantitative estimate of drug-likeness (QED) is 0.578. The van der Waals surface area contributed by atoms with Crippen molar-refractivity contribution in [3.8, 4) is 0 Å². The van der Waals surface area contributed by atoms with Crippen molar-refractivity contribution in [1.29, 1.82) is 0 Å². The summed E-state index contributed by atoms with van der Waals surface area (Å²) in [5.41, 5.74) is 1.71. The van der Waals surface area contributed by atoms with Crippen LogP contribution in [0.3, 0.4) is 0 Å². The Bertz CT molecular complexity index is 204. The summed E-state index contributed by atoms with van der Waals surface area (Å²) in [7, 11) is 0. The summed E-state index contributed by atoms with van der Waals surface area (Å²) < 4.78 is 0. The van der Waals surface area contributed by atoms with Crippen LogP contribution >= 0.6 is 0 Å². The molecule has 0 heterocycles. The van der Waals surface area contributed by atoms with Crippen molar-refractivity contribution < 1.29 is 9.90 Å². The Balaban J connectivity index is 2.82. The van der Waals surface area contributed by atoms with Gasteiger partial charge in [-0.15, -0.1) is 0 Å². The molecule has 0 bridgehead atoms. The Morgan fingerprint density at radius 2 is 2.27 bits per heavy atom. The van der Waals surface area contributed by atoms with Crippen LogP contribution in [0.25, 0.3) is 0 Å². The molecule has 1 atom stereocenters. The van der Waals surface area contributed by atoms with E-state index in [4.69, 9.17) is 5.11 Å². The molecule has 0 aromatic heterocycles. The summed E-state index contributed by atoms with van der Waals surface area (Å²) >= 11 is 0. The zero-order valence-electron chi connectivity index (χ0n) is 7.05. The van der Waals surface area contributed by atoms with Gasteiger partial charge in [0.15, 0.2) is 5.78 Å². The van der Waals surface area contributed by atoms with E-state index in [9.17, 15) is 4.79 Å². The van der Waals surface area contributed by atoms with Gasteiger partial charge < -0.3 is 5.11 Å². The number of Topliss-reactive ketones (excluding diaryl/α,β-unsaturated/α-hetero) is 1. The van der Waals surface area contributed by atoms with E-state index < -0.39 is 0 Å². The topological polar surface area (TPSA) is 37.3 Å². The van der Waals surface area contributed by atoms with Gasteiger partial charge in [0.05, 0.1) is 6.61 Å². The number of ketones is 1. The number of allylic oxidation sites excluding steroid dienone is 1. The first-order chi connectivity index (χ1) is 5.15. The maximum Gasteiger partial charge on any atom is 0.159 e. The van der Waals surface area contributed by atoms with E-state index >= 15 is 0 Å². The second-order valence-corrected chi connectivity index (χ2v) is 3.35. The highest BCUT2D eigenvalue weighted by Gasteiger charge is 2.24. The number of hydrogen-bond donors (Lipinski definition) is 1. The molecule has 2 heteroatoms. The maximum atomic E-state index is 11.2. The average Bonchev–Trinajstić information content (AvgIpc) is 2.28. The molecular formula is C9H14O2. The Morgan fingerprint density at radius 3 is 2.64 bits per heavy atom. The molecule has 0 unspecified atom stereocenters. The van der Waals surface area contributed by atoms with Crippen molar-refractivity contribution in [2.75, 3.05) is 6.61 Å². The predicted molar refractivity (Wildman–Crippen MR) is 43.2 cm³/mol. The first kappa shape index (κ1) is 8.47. The molecule has 62 valence electrons. The zero-order valence-corrected chi connectivity index (χ0v) is 7.05. The summed E-state index contributed by atoms with van der Waals surface area (Å²) in [6, 6.07) is 0. The summed E-state index contributed by atoms with van der Waals surface area (Å²) in [6.45, 7) is 3.91. The molecule has 1 fully saturated rings. The van der Waals surface area contributed by atoms with Gasteiger partial charge in [0.2, 0.25) is 0 Å². The van der Waals surface area contributed by atoms with Gasteiger partial charge in [0.25, 0.3) is 0 Å². The normalized spacial score (nSPS) is 29.4. The molecule has 0 aromatic carbocycles. The van der Waals surface area contributed by atoms with E-state index in [0.717, 1.165) is 17.6 Å². The molecule has 1 saturated carbocycles. The zero-order chi connectivity index (χ0) is 8.43. The monoisotopic (exact) mass is 154 g/mol. The van der Waals surface area contributed by atoms with Crippen molar-refractivity contribution >= 4 is 5.78 Å². The minimum Gasteiger partial charge on any atom is -0.392 e. The number of carbonyl (C=O) groups is 1. The van der Waals surface area contributed by atoms with Crippen molar-refractivity contribution in [3.05, 3.63) is 11.1 Å². The molecule has 0 aliphatic heterocycles. The first-order valence-electron chi connectivity index (χ1n) is 3.97. The summed E-state index contributed by atoms with van der Waals surface area (Å²) in [6.07, 6.45) is 1.51. The molecule has 1 aliphatic rings. The average molecular weight is 154 g/mol. The van der Waals surface area contributed by atoms with Gasteiger partial charge in [-0.2, -0.15) is 0 Å². The first-order valence-corrected chi connectivity index (χ1v) is 3.97. The van der Waals surface area contributed by atoms with Crippen LogP contribution in [0, 0.1) is 5.92 Å². The van der Waals surface area contributed by atoms with Crippen LogP contribution in [-0.2, 0) is 4.79 Å². The number of aliphatic hydroxyl groups is 1. The Kier molecular flexibility index (Phi) is 2.45. The van der Waals surface area contributed by atoms with Gasteiger partial charge in [-0.25, -0.2) is 0 Å². The minimum atomic E-state index is 0.0216. The highest BCUT2D eigenvalue weighted by molar-refractivity contribution is 5.98. The predicted octanol–water partition coefficient (Wildman–Crippen LogP) is 1.29. The molecule has 0 amide bonds.